The van der Waals surface area contributed by atoms with Gasteiger partial charge >= 0.3 is 5.97 Å². The Labute approximate surface area is 144 Å². The van der Waals surface area contributed by atoms with Crippen LogP contribution in [0.4, 0.5) is 0 Å². The van der Waals surface area contributed by atoms with Crippen molar-refractivity contribution in [3.63, 3.8) is 0 Å². The minimum absolute atomic E-state index is 0.0491. The van der Waals surface area contributed by atoms with E-state index in [0.717, 1.165) is 16.5 Å². The highest BCUT2D eigenvalue weighted by Gasteiger charge is 2.23. The molecule has 0 fully saturated rings. The van der Waals surface area contributed by atoms with E-state index in [2.05, 4.69) is 10.5 Å². The molecule has 3 aromatic rings. The van der Waals surface area contributed by atoms with Crippen molar-refractivity contribution in [2.75, 3.05) is 0 Å². The second kappa shape index (κ2) is 6.76. The zero-order chi connectivity index (χ0) is 18.0. The monoisotopic (exact) mass is 338 g/mol. The Hall–Kier alpha value is -3.15. The van der Waals surface area contributed by atoms with E-state index in [1.807, 2.05) is 26.0 Å². The van der Waals surface area contributed by atoms with Crippen molar-refractivity contribution in [2.24, 2.45) is 0 Å². The highest BCUT2D eigenvalue weighted by Crippen LogP contribution is 2.24. The molecular weight excluding hydrogens is 320 g/mol. The largest absolute Gasteiger partial charge is 0.479 e. The molecule has 1 unspecified atom stereocenters. The summed E-state index contributed by atoms with van der Waals surface area (Å²) in [6, 6.07) is 11.4. The molecule has 1 heterocycles. The van der Waals surface area contributed by atoms with Crippen molar-refractivity contribution in [1.29, 1.82) is 0 Å². The molecule has 0 bridgehead atoms. The van der Waals surface area contributed by atoms with Gasteiger partial charge in [0.1, 0.15) is 5.69 Å². The number of aliphatic carboxylic acids is 1. The van der Waals surface area contributed by atoms with Crippen molar-refractivity contribution >= 4 is 22.8 Å². The highest BCUT2D eigenvalue weighted by atomic mass is 16.5. The molecule has 0 saturated carbocycles. The summed E-state index contributed by atoms with van der Waals surface area (Å²) >= 11 is 0. The first-order valence-electron chi connectivity index (χ1n) is 7.88. The lowest BCUT2D eigenvalue weighted by Crippen LogP contribution is -2.34. The number of carboxylic acid groups (broad SMARTS) is 1. The Kier molecular flexibility index (Phi) is 4.52. The van der Waals surface area contributed by atoms with Gasteiger partial charge in [-0.25, -0.2) is 4.79 Å². The molecule has 1 amide bonds. The van der Waals surface area contributed by atoms with Gasteiger partial charge in [-0.05, 0) is 36.6 Å². The zero-order valence-electron chi connectivity index (χ0n) is 13.9. The maximum absolute atomic E-state index is 12.4. The molecule has 25 heavy (non-hydrogen) atoms. The Morgan fingerprint density at radius 3 is 2.60 bits per heavy atom. The lowest BCUT2D eigenvalue weighted by Gasteiger charge is -2.14. The molecule has 2 aromatic carbocycles. The first-order valence-corrected chi connectivity index (χ1v) is 7.88. The Balaban J connectivity index is 1.81. The fraction of sp³-hybridized carbons (Fsp3) is 0.211. The number of carbonyl (C=O) groups is 2. The second-order valence-corrected chi connectivity index (χ2v) is 6.01. The number of aryl methyl sites for hydroxylation is 2. The number of rotatable bonds is 5. The molecule has 0 radical (unpaired) electrons. The highest BCUT2D eigenvalue weighted by molar-refractivity contribution is 5.90. The minimum atomic E-state index is -1.11. The topological polar surface area (TPSA) is 92.4 Å². The van der Waals surface area contributed by atoms with Crippen molar-refractivity contribution in [1.82, 2.24) is 10.5 Å². The molecule has 1 atom stereocenters. The van der Waals surface area contributed by atoms with Crippen molar-refractivity contribution in [3.8, 4) is 0 Å². The number of amides is 1. The summed E-state index contributed by atoms with van der Waals surface area (Å²) in [6.07, 6.45) is -0.0491. The number of benzene rings is 2. The lowest BCUT2D eigenvalue weighted by atomic mass is 10.0. The van der Waals surface area contributed by atoms with Crippen LogP contribution in [0.15, 0.2) is 47.0 Å². The van der Waals surface area contributed by atoms with E-state index < -0.39 is 17.9 Å². The molecule has 128 valence electrons. The van der Waals surface area contributed by atoms with Crippen LogP contribution in [-0.4, -0.2) is 22.1 Å². The molecule has 0 aliphatic carbocycles. The first-order chi connectivity index (χ1) is 12.0. The van der Waals surface area contributed by atoms with Gasteiger partial charge in [0.15, 0.2) is 11.6 Å². The predicted molar refractivity (Wildman–Crippen MR) is 92.1 cm³/mol. The smallest absolute Gasteiger partial charge is 0.330 e. The number of fused-ring (bicyclic) bond motifs is 1. The van der Waals surface area contributed by atoms with E-state index in [0.29, 0.717) is 16.8 Å². The lowest BCUT2D eigenvalue weighted by molar-refractivity contribution is -0.142. The fourth-order valence-electron chi connectivity index (χ4n) is 2.86. The number of carbonyl (C=O) groups excluding carboxylic acids is 1. The van der Waals surface area contributed by atoms with Gasteiger partial charge in [-0.2, -0.15) is 0 Å². The molecule has 0 aliphatic rings. The van der Waals surface area contributed by atoms with Gasteiger partial charge < -0.3 is 14.9 Å². The van der Waals surface area contributed by atoms with E-state index in [4.69, 9.17) is 4.52 Å². The summed E-state index contributed by atoms with van der Waals surface area (Å²) in [6.45, 7) is 3.87. The zero-order valence-corrected chi connectivity index (χ0v) is 13.9. The van der Waals surface area contributed by atoms with Crippen LogP contribution in [0.25, 0.3) is 11.0 Å². The molecule has 0 spiro atoms. The van der Waals surface area contributed by atoms with E-state index in [1.54, 1.807) is 30.3 Å². The second-order valence-electron chi connectivity index (χ2n) is 6.01. The first kappa shape index (κ1) is 16.7. The van der Waals surface area contributed by atoms with E-state index in [-0.39, 0.29) is 6.42 Å². The molecule has 6 heteroatoms. The maximum atomic E-state index is 12.4. The van der Waals surface area contributed by atoms with E-state index in [1.165, 1.54) is 0 Å². The normalized spacial score (nSPS) is 12.1. The number of carboxylic acids is 1. The molecule has 0 saturated heterocycles. The van der Waals surface area contributed by atoms with Crippen LogP contribution in [0.3, 0.4) is 0 Å². The average molecular weight is 338 g/mol. The van der Waals surface area contributed by atoms with Crippen LogP contribution in [0.1, 0.15) is 28.4 Å². The van der Waals surface area contributed by atoms with Crippen molar-refractivity contribution in [3.05, 3.63) is 64.8 Å². The number of hydrogen-bond acceptors (Lipinski definition) is 4. The van der Waals surface area contributed by atoms with Gasteiger partial charge in [0.25, 0.3) is 0 Å². The van der Waals surface area contributed by atoms with Crippen LogP contribution >= 0.6 is 0 Å². The molecular formula is C19H18N2O4. The number of hydrogen-bond donors (Lipinski definition) is 2. The van der Waals surface area contributed by atoms with Crippen LogP contribution in [0.5, 0.6) is 0 Å². The molecule has 0 aliphatic heterocycles. The SMILES string of the molecule is Cc1cc(C)c2onc(CC(=O)NC(C(=O)O)c3ccccc3)c2c1. The van der Waals surface area contributed by atoms with Crippen molar-refractivity contribution < 1.29 is 19.2 Å². The van der Waals surface area contributed by atoms with Crippen LogP contribution < -0.4 is 5.32 Å². The van der Waals surface area contributed by atoms with Gasteiger partial charge in [-0.15, -0.1) is 0 Å². The van der Waals surface area contributed by atoms with Crippen LogP contribution in [0, 0.1) is 13.8 Å². The average Bonchev–Trinajstić information content (AvgIpc) is 2.96. The van der Waals surface area contributed by atoms with E-state index in [9.17, 15) is 14.7 Å². The van der Waals surface area contributed by atoms with Gasteiger partial charge in [-0.3, -0.25) is 4.79 Å². The fourth-order valence-corrected chi connectivity index (χ4v) is 2.86. The molecule has 1 aromatic heterocycles. The van der Waals surface area contributed by atoms with Gasteiger partial charge in [0, 0.05) is 5.39 Å². The van der Waals surface area contributed by atoms with Crippen molar-refractivity contribution in [2.45, 2.75) is 26.3 Å². The summed E-state index contributed by atoms with van der Waals surface area (Å²) in [5.41, 5.74) is 3.65. The number of nitrogens with zero attached hydrogens (tertiary/aromatic N) is 1. The van der Waals surface area contributed by atoms with Crippen LogP contribution in [0.2, 0.25) is 0 Å². The summed E-state index contributed by atoms with van der Waals surface area (Å²) < 4.78 is 5.33. The van der Waals surface area contributed by atoms with E-state index >= 15 is 0 Å². The van der Waals surface area contributed by atoms with Crippen LogP contribution in [-0.2, 0) is 16.0 Å². The third kappa shape index (κ3) is 3.52. The maximum Gasteiger partial charge on any atom is 0.330 e. The predicted octanol–water partition coefficient (Wildman–Crippen LogP) is 2.93. The molecule has 3 rings (SSSR count). The third-order valence-electron chi connectivity index (χ3n) is 3.99. The molecule has 2 N–H and O–H groups in total. The molecule has 6 nitrogen and oxygen atoms in total. The Morgan fingerprint density at radius 2 is 1.92 bits per heavy atom. The number of nitrogens with one attached hydrogen (secondary N) is 1. The van der Waals surface area contributed by atoms with Gasteiger partial charge in [0.2, 0.25) is 5.91 Å². The summed E-state index contributed by atoms with van der Waals surface area (Å²) in [5, 5.41) is 16.7. The third-order valence-corrected chi connectivity index (χ3v) is 3.99. The summed E-state index contributed by atoms with van der Waals surface area (Å²) in [4.78, 5) is 23.8. The van der Waals surface area contributed by atoms with Gasteiger partial charge in [0.05, 0.1) is 6.42 Å². The Bertz CT molecular complexity index is 931. The summed E-state index contributed by atoms with van der Waals surface area (Å²) in [7, 11) is 0. The quantitative estimate of drug-likeness (QED) is 0.746. The summed E-state index contributed by atoms with van der Waals surface area (Å²) in [5.74, 6) is -1.54. The van der Waals surface area contributed by atoms with Gasteiger partial charge in [-0.1, -0.05) is 41.6 Å². The standard InChI is InChI=1S/C19H18N2O4/c1-11-8-12(2)18-14(9-11)15(21-25-18)10-16(22)20-17(19(23)24)13-6-4-3-5-7-13/h3-9,17H,10H2,1-2H3,(H,20,22)(H,23,24). The Morgan fingerprint density at radius 1 is 1.20 bits per heavy atom. The number of aromatic nitrogens is 1. The minimum Gasteiger partial charge on any atom is -0.479 e.